The maximum absolute atomic E-state index is 13.0. The van der Waals surface area contributed by atoms with Gasteiger partial charge in [-0.05, 0) is 18.2 Å². The van der Waals surface area contributed by atoms with Gasteiger partial charge in [0.15, 0.2) is 11.5 Å². The van der Waals surface area contributed by atoms with E-state index in [9.17, 15) is 14.7 Å². The van der Waals surface area contributed by atoms with Crippen LogP contribution in [-0.4, -0.2) is 99.1 Å². The average molecular weight is 408 g/mol. The third kappa shape index (κ3) is 5.17. The Kier molecular flexibility index (Phi) is 7.29. The van der Waals surface area contributed by atoms with Crippen LogP contribution < -0.4 is 9.47 Å². The van der Waals surface area contributed by atoms with Gasteiger partial charge < -0.3 is 29.0 Å². The molecule has 2 heterocycles. The van der Waals surface area contributed by atoms with Crippen molar-refractivity contribution < 1.29 is 33.6 Å². The van der Waals surface area contributed by atoms with Crippen molar-refractivity contribution in [2.75, 3.05) is 60.2 Å². The van der Waals surface area contributed by atoms with E-state index < -0.39 is 18.1 Å². The number of morpholine rings is 1. The summed E-state index contributed by atoms with van der Waals surface area (Å²) >= 11 is 0. The fourth-order valence-corrected chi connectivity index (χ4v) is 3.59. The predicted octanol–water partition coefficient (Wildman–Crippen LogP) is 0.155. The van der Waals surface area contributed by atoms with Gasteiger partial charge in [0, 0.05) is 38.2 Å². The molecule has 160 valence electrons. The van der Waals surface area contributed by atoms with Crippen molar-refractivity contribution in [2.24, 2.45) is 0 Å². The van der Waals surface area contributed by atoms with E-state index in [0.29, 0.717) is 36.8 Å². The lowest BCUT2D eigenvalue weighted by Gasteiger charge is -2.27. The number of likely N-dealkylation sites (tertiary alicyclic amines) is 1. The number of β-amino-alcohol motifs (C(OH)–C–C–N with tert-alkyl or cyclic N) is 1. The number of esters is 1. The van der Waals surface area contributed by atoms with Gasteiger partial charge in [-0.15, -0.1) is 0 Å². The van der Waals surface area contributed by atoms with Gasteiger partial charge in [0.05, 0.1) is 33.5 Å². The van der Waals surface area contributed by atoms with Gasteiger partial charge in [0.1, 0.15) is 12.6 Å². The minimum absolute atomic E-state index is 0.0798. The molecule has 0 aromatic heterocycles. The molecule has 3 rings (SSSR count). The number of carbonyl (C=O) groups excluding carboxylic acids is 2. The van der Waals surface area contributed by atoms with Crippen molar-refractivity contribution in [1.82, 2.24) is 9.80 Å². The number of benzene rings is 1. The molecule has 2 aliphatic heterocycles. The van der Waals surface area contributed by atoms with Crippen molar-refractivity contribution in [2.45, 2.75) is 18.6 Å². The number of amides is 1. The highest BCUT2D eigenvalue weighted by molar-refractivity contribution is 5.97. The molecule has 2 fully saturated rings. The Morgan fingerprint density at radius 2 is 1.90 bits per heavy atom. The predicted molar refractivity (Wildman–Crippen MR) is 103 cm³/mol. The molecule has 2 unspecified atom stereocenters. The maximum Gasteiger partial charge on any atom is 0.329 e. The summed E-state index contributed by atoms with van der Waals surface area (Å²) in [5, 5.41) is 10.1. The number of aliphatic hydroxyl groups is 1. The molecule has 2 atom stereocenters. The number of nitrogens with zero attached hydrogens (tertiary/aromatic N) is 2. The highest BCUT2D eigenvalue weighted by Gasteiger charge is 2.40. The van der Waals surface area contributed by atoms with Crippen LogP contribution in [0.15, 0.2) is 18.2 Å². The first-order valence-corrected chi connectivity index (χ1v) is 9.71. The van der Waals surface area contributed by atoms with Crippen LogP contribution in [0.5, 0.6) is 11.5 Å². The summed E-state index contributed by atoms with van der Waals surface area (Å²) in [6.07, 6.45) is -0.606. The second-order valence-electron chi connectivity index (χ2n) is 7.05. The third-order valence-electron chi connectivity index (χ3n) is 5.20. The summed E-state index contributed by atoms with van der Waals surface area (Å²) in [6.45, 7) is 3.91. The Morgan fingerprint density at radius 3 is 2.59 bits per heavy atom. The molecule has 9 heteroatoms. The SMILES string of the molecule is COc1ccc(C(=O)N2CC(O)CC2C(=O)OCCN2CCOCC2)cc1OC. The van der Waals surface area contributed by atoms with Crippen LogP contribution in [0.25, 0.3) is 0 Å². The molecular formula is C20H28N2O7. The van der Waals surface area contributed by atoms with Crippen LogP contribution in [0.3, 0.4) is 0 Å². The summed E-state index contributed by atoms with van der Waals surface area (Å²) in [6, 6.07) is 3.99. The Morgan fingerprint density at radius 1 is 1.17 bits per heavy atom. The first-order valence-electron chi connectivity index (χ1n) is 9.71. The monoisotopic (exact) mass is 408 g/mol. The molecule has 1 aromatic carbocycles. The number of rotatable bonds is 7. The van der Waals surface area contributed by atoms with E-state index in [2.05, 4.69) is 4.90 Å². The zero-order valence-corrected chi connectivity index (χ0v) is 16.8. The maximum atomic E-state index is 13.0. The van der Waals surface area contributed by atoms with Gasteiger partial charge in [-0.2, -0.15) is 0 Å². The van der Waals surface area contributed by atoms with Crippen LogP contribution in [0.2, 0.25) is 0 Å². The first kappa shape index (κ1) is 21.4. The van der Waals surface area contributed by atoms with Crippen molar-refractivity contribution in [3.63, 3.8) is 0 Å². The van der Waals surface area contributed by atoms with E-state index in [-0.39, 0.29) is 25.5 Å². The Bertz CT molecular complexity index is 721. The molecule has 0 radical (unpaired) electrons. The quantitative estimate of drug-likeness (QED) is 0.637. The zero-order chi connectivity index (χ0) is 20.8. The molecule has 9 nitrogen and oxygen atoms in total. The number of hydrogen-bond acceptors (Lipinski definition) is 8. The lowest BCUT2D eigenvalue weighted by Crippen LogP contribution is -2.43. The van der Waals surface area contributed by atoms with E-state index in [0.717, 1.165) is 13.1 Å². The molecule has 0 saturated carbocycles. The molecular weight excluding hydrogens is 380 g/mol. The Balaban J connectivity index is 1.62. The van der Waals surface area contributed by atoms with Crippen molar-refractivity contribution in [1.29, 1.82) is 0 Å². The van der Waals surface area contributed by atoms with Gasteiger partial charge in [-0.25, -0.2) is 4.79 Å². The summed E-state index contributed by atoms with van der Waals surface area (Å²) < 4.78 is 21.1. The number of methoxy groups -OCH3 is 2. The van der Waals surface area contributed by atoms with E-state index in [1.54, 1.807) is 18.2 Å². The first-order chi connectivity index (χ1) is 14.0. The van der Waals surface area contributed by atoms with Gasteiger partial charge in [-0.3, -0.25) is 9.69 Å². The summed E-state index contributed by atoms with van der Waals surface area (Å²) in [5.41, 5.74) is 0.350. The topological polar surface area (TPSA) is 97.8 Å². The molecule has 0 bridgehead atoms. The average Bonchev–Trinajstić information content (AvgIpc) is 3.15. The van der Waals surface area contributed by atoms with Crippen LogP contribution in [0.4, 0.5) is 0 Å². The van der Waals surface area contributed by atoms with E-state index in [1.807, 2.05) is 0 Å². The van der Waals surface area contributed by atoms with E-state index in [1.165, 1.54) is 19.1 Å². The number of hydrogen-bond donors (Lipinski definition) is 1. The van der Waals surface area contributed by atoms with Crippen molar-refractivity contribution in [3.05, 3.63) is 23.8 Å². The molecule has 2 aliphatic rings. The Labute approximate surface area is 170 Å². The second kappa shape index (κ2) is 9.91. The van der Waals surface area contributed by atoms with Gasteiger partial charge >= 0.3 is 5.97 Å². The molecule has 29 heavy (non-hydrogen) atoms. The third-order valence-corrected chi connectivity index (χ3v) is 5.20. The highest BCUT2D eigenvalue weighted by Crippen LogP contribution is 2.29. The molecule has 2 saturated heterocycles. The fourth-order valence-electron chi connectivity index (χ4n) is 3.59. The van der Waals surface area contributed by atoms with E-state index in [4.69, 9.17) is 18.9 Å². The van der Waals surface area contributed by atoms with Crippen molar-refractivity contribution in [3.8, 4) is 11.5 Å². The van der Waals surface area contributed by atoms with Crippen LogP contribution in [0, 0.1) is 0 Å². The van der Waals surface area contributed by atoms with Crippen LogP contribution in [0.1, 0.15) is 16.8 Å². The standard InChI is InChI=1S/C20H28N2O7/c1-26-17-4-3-14(11-18(17)27-2)19(24)22-13-15(23)12-16(22)20(25)29-10-7-21-5-8-28-9-6-21/h3-4,11,15-16,23H,5-10,12-13H2,1-2H3. The lowest BCUT2D eigenvalue weighted by molar-refractivity contribution is -0.148. The second-order valence-corrected chi connectivity index (χ2v) is 7.05. The zero-order valence-electron chi connectivity index (χ0n) is 16.8. The molecule has 1 aromatic rings. The largest absolute Gasteiger partial charge is 0.493 e. The van der Waals surface area contributed by atoms with Gasteiger partial charge in [-0.1, -0.05) is 0 Å². The fraction of sp³-hybridized carbons (Fsp3) is 0.600. The Hall–Kier alpha value is -2.36. The van der Waals surface area contributed by atoms with Gasteiger partial charge in [0.2, 0.25) is 0 Å². The number of aliphatic hydroxyl groups excluding tert-OH is 1. The summed E-state index contributed by atoms with van der Waals surface area (Å²) in [5.74, 6) is 0.0635. The smallest absolute Gasteiger partial charge is 0.329 e. The highest BCUT2D eigenvalue weighted by atomic mass is 16.5. The van der Waals surface area contributed by atoms with Gasteiger partial charge in [0.25, 0.3) is 5.91 Å². The summed E-state index contributed by atoms with van der Waals surface area (Å²) in [4.78, 5) is 29.1. The summed E-state index contributed by atoms with van der Waals surface area (Å²) in [7, 11) is 3.00. The normalized spacial score (nSPS) is 22.4. The molecule has 1 N–H and O–H groups in total. The van der Waals surface area contributed by atoms with Crippen molar-refractivity contribution >= 4 is 11.9 Å². The van der Waals surface area contributed by atoms with E-state index >= 15 is 0 Å². The number of carbonyl (C=O) groups is 2. The lowest BCUT2D eigenvalue weighted by atomic mass is 10.1. The molecule has 0 spiro atoms. The minimum Gasteiger partial charge on any atom is -0.493 e. The van der Waals surface area contributed by atoms with Crippen LogP contribution in [-0.2, 0) is 14.3 Å². The minimum atomic E-state index is -0.810. The molecule has 0 aliphatic carbocycles. The molecule has 1 amide bonds. The number of ether oxygens (including phenoxy) is 4. The van der Waals surface area contributed by atoms with Crippen LogP contribution >= 0.6 is 0 Å².